The average molecular weight is 243 g/mol. The van der Waals surface area contributed by atoms with Gasteiger partial charge >= 0.3 is 6.18 Å². The van der Waals surface area contributed by atoms with Gasteiger partial charge in [0.05, 0.1) is 12.2 Å². The Balaban J connectivity index is 3.89. The van der Waals surface area contributed by atoms with Crippen LogP contribution in [0.1, 0.15) is 27.2 Å². The van der Waals surface area contributed by atoms with Gasteiger partial charge in [-0.3, -0.25) is 0 Å². The Morgan fingerprint density at radius 2 is 1.94 bits per heavy atom. The fourth-order valence-electron chi connectivity index (χ4n) is 0.985. The highest BCUT2D eigenvalue weighted by molar-refractivity contribution is 4.76. The van der Waals surface area contributed by atoms with Crippen molar-refractivity contribution >= 4 is 0 Å². The van der Waals surface area contributed by atoms with Gasteiger partial charge < -0.3 is 15.2 Å². The van der Waals surface area contributed by atoms with Gasteiger partial charge in [-0.05, 0) is 26.8 Å². The molecule has 0 aromatic heterocycles. The highest BCUT2D eigenvalue weighted by Gasteiger charge is 2.38. The monoisotopic (exact) mass is 243 g/mol. The molecule has 0 heterocycles. The van der Waals surface area contributed by atoms with E-state index in [0.717, 1.165) is 13.3 Å². The largest absolute Gasteiger partial charge is 0.414 e. The Hall–Kier alpha value is -0.330. The average Bonchev–Trinajstić information content (AvgIpc) is 2.13. The van der Waals surface area contributed by atoms with Crippen molar-refractivity contribution in [1.82, 2.24) is 5.32 Å². The molecule has 2 atom stereocenters. The molecule has 98 valence electrons. The number of aliphatic hydroxyl groups is 1. The normalized spacial score (nSPS) is 18.2. The van der Waals surface area contributed by atoms with Crippen molar-refractivity contribution < 1.29 is 23.0 Å². The molecule has 0 aliphatic heterocycles. The number of rotatable bonds is 7. The molecule has 6 heteroatoms. The van der Waals surface area contributed by atoms with E-state index in [2.05, 4.69) is 10.1 Å². The third-order valence-electron chi connectivity index (χ3n) is 2.04. The SMILES string of the molecule is CCCNCC(C)(O)COC(C)C(F)(F)F. The molecular weight excluding hydrogens is 223 g/mol. The fourth-order valence-corrected chi connectivity index (χ4v) is 0.985. The van der Waals surface area contributed by atoms with E-state index in [4.69, 9.17) is 0 Å². The first kappa shape index (κ1) is 15.7. The zero-order valence-corrected chi connectivity index (χ0v) is 9.90. The van der Waals surface area contributed by atoms with E-state index in [0.29, 0.717) is 6.54 Å². The van der Waals surface area contributed by atoms with Crippen LogP contribution in [-0.4, -0.2) is 42.7 Å². The van der Waals surface area contributed by atoms with Crippen molar-refractivity contribution in [3.8, 4) is 0 Å². The zero-order valence-electron chi connectivity index (χ0n) is 9.90. The minimum absolute atomic E-state index is 0.214. The molecule has 0 aromatic rings. The topological polar surface area (TPSA) is 41.5 Å². The summed E-state index contributed by atoms with van der Waals surface area (Å²) in [7, 11) is 0. The first-order chi connectivity index (χ1) is 7.19. The van der Waals surface area contributed by atoms with E-state index in [1.807, 2.05) is 6.92 Å². The summed E-state index contributed by atoms with van der Waals surface area (Å²) in [5.74, 6) is 0. The van der Waals surface area contributed by atoms with Gasteiger partial charge in [0, 0.05) is 6.54 Å². The second-order valence-corrected chi connectivity index (χ2v) is 4.17. The third kappa shape index (κ3) is 7.03. The van der Waals surface area contributed by atoms with Gasteiger partial charge in [-0.1, -0.05) is 6.92 Å². The van der Waals surface area contributed by atoms with Crippen LogP contribution in [0.15, 0.2) is 0 Å². The summed E-state index contributed by atoms with van der Waals surface area (Å²) in [6.07, 6.45) is -5.34. The Morgan fingerprint density at radius 3 is 2.38 bits per heavy atom. The van der Waals surface area contributed by atoms with E-state index < -0.39 is 17.9 Å². The number of hydrogen-bond donors (Lipinski definition) is 2. The molecule has 0 aliphatic carbocycles. The number of nitrogens with one attached hydrogen (secondary N) is 1. The van der Waals surface area contributed by atoms with Crippen LogP contribution in [0.25, 0.3) is 0 Å². The highest BCUT2D eigenvalue weighted by Crippen LogP contribution is 2.23. The maximum Gasteiger partial charge on any atom is 0.414 e. The van der Waals surface area contributed by atoms with Crippen molar-refractivity contribution in [3.63, 3.8) is 0 Å². The molecule has 0 saturated heterocycles. The summed E-state index contributed by atoms with van der Waals surface area (Å²) in [6, 6.07) is 0. The second-order valence-electron chi connectivity index (χ2n) is 4.17. The van der Waals surface area contributed by atoms with Gasteiger partial charge in [0.15, 0.2) is 6.10 Å². The summed E-state index contributed by atoms with van der Waals surface area (Å²) in [5.41, 5.74) is -1.28. The molecule has 0 radical (unpaired) electrons. The van der Waals surface area contributed by atoms with Crippen molar-refractivity contribution in [2.75, 3.05) is 19.7 Å². The lowest BCUT2D eigenvalue weighted by atomic mass is 10.1. The molecule has 0 bridgehead atoms. The van der Waals surface area contributed by atoms with Crippen molar-refractivity contribution in [2.45, 2.75) is 45.1 Å². The summed E-state index contributed by atoms with van der Waals surface area (Å²) >= 11 is 0. The first-order valence-electron chi connectivity index (χ1n) is 5.30. The highest BCUT2D eigenvalue weighted by atomic mass is 19.4. The summed E-state index contributed by atoms with van der Waals surface area (Å²) in [5, 5.41) is 12.6. The summed E-state index contributed by atoms with van der Waals surface area (Å²) in [4.78, 5) is 0. The van der Waals surface area contributed by atoms with E-state index >= 15 is 0 Å². The zero-order chi connectivity index (χ0) is 12.8. The Bertz CT molecular complexity index is 195. The van der Waals surface area contributed by atoms with Crippen LogP contribution in [0.4, 0.5) is 13.2 Å². The number of hydrogen-bond acceptors (Lipinski definition) is 3. The molecule has 3 nitrogen and oxygen atoms in total. The van der Waals surface area contributed by atoms with Crippen LogP contribution in [0, 0.1) is 0 Å². The van der Waals surface area contributed by atoms with Crippen molar-refractivity contribution in [3.05, 3.63) is 0 Å². The first-order valence-corrected chi connectivity index (χ1v) is 5.30. The minimum Gasteiger partial charge on any atom is -0.386 e. The Morgan fingerprint density at radius 1 is 1.38 bits per heavy atom. The van der Waals surface area contributed by atoms with Gasteiger partial charge in [-0.15, -0.1) is 0 Å². The molecule has 0 amide bonds. The number of alkyl halides is 3. The molecule has 0 fully saturated rings. The Kier molecular flexibility index (Phi) is 6.28. The molecule has 0 saturated carbocycles. The maximum atomic E-state index is 12.1. The van der Waals surface area contributed by atoms with Crippen LogP contribution in [-0.2, 0) is 4.74 Å². The summed E-state index contributed by atoms with van der Waals surface area (Å²) in [6.45, 7) is 4.92. The molecule has 0 rings (SSSR count). The van der Waals surface area contributed by atoms with Crippen LogP contribution >= 0.6 is 0 Å². The van der Waals surface area contributed by atoms with Gasteiger partial charge in [-0.2, -0.15) is 13.2 Å². The third-order valence-corrected chi connectivity index (χ3v) is 2.04. The maximum absolute atomic E-state index is 12.1. The van der Waals surface area contributed by atoms with Crippen LogP contribution in [0.2, 0.25) is 0 Å². The van der Waals surface area contributed by atoms with E-state index in [-0.39, 0.29) is 13.2 Å². The van der Waals surface area contributed by atoms with Crippen LogP contribution in [0.5, 0.6) is 0 Å². The Labute approximate surface area is 94.0 Å². The van der Waals surface area contributed by atoms with E-state index in [1.54, 1.807) is 0 Å². The standard InChI is InChI=1S/C10H20F3NO2/c1-4-5-14-6-9(3,15)7-16-8(2)10(11,12)13/h8,14-15H,4-7H2,1-3H3. The molecule has 0 aromatic carbocycles. The van der Waals surface area contributed by atoms with Crippen LogP contribution in [0.3, 0.4) is 0 Å². The van der Waals surface area contributed by atoms with Crippen molar-refractivity contribution in [1.29, 1.82) is 0 Å². The van der Waals surface area contributed by atoms with E-state index in [1.165, 1.54) is 6.92 Å². The fraction of sp³-hybridized carbons (Fsp3) is 1.00. The smallest absolute Gasteiger partial charge is 0.386 e. The quantitative estimate of drug-likeness (QED) is 0.669. The van der Waals surface area contributed by atoms with Gasteiger partial charge in [0.25, 0.3) is 0 Å². The molecular formula is C10H20F3NO2. The molecule has 2 N–H and O–H groups in total. The second kappa shape index (κ2) is 6.42. The number of halogens is 3. The predicted molar refractivity (Wildman–Crippen MR) is 55.3 cm³/mol. The molecule has 0 aliphatic rings. The van der Waals surface area contributed by atoms with Gasteiger partial charge in [0.2, 0.25) is 0 Å². The van der Waals surface area contributed by atoms with Crippen LogP contribution < -0.4 is 5.32 Å². The predicted octanol–water partition coefficient (Wildman–Crippen LogP) is 1.70. The molecule has 2 unspecified atom stereocenters. The minimum atomic E-state index is -4.38. The van der Waals surface area contributed by atoms with Gasteiger partial charge in [0.1, 0.15) is 0 Å². The van der Waals surface area contributed by atoms with Crippen molar-refractivity contribution in [2.24, 2.45) is 0 Å². The lowest BCUT2D eigenvalue weighted by Gasteiger charge is -2.26. The number of ether oxygens (including phenoxy) is 1. The summed E-state index contributed by atoms with van der Waals surface area (Å²) < 4.78 is 40.9. The lowest BCUT2D eigenvalue weighted by molar-refractivity contribution is -0.224. The molecule has 0 spiro atoms. The molecule has 16 heavy (non-hydrogen) atoms. The van der Waals surface area contributed by atoms with E-state index in [9.17, 15) is 18.3 Å². The van der Waals surface area contributed by atoms with Gasteiger partial charge in [-0.25, -0.2) is 0 Å². The lowest BCUT2D eigenvalue weighted by Crippen LogP contribution is -2.44.